The number of quaternary nitrogens is 1. The third-order valence-corrected chi connectivity index (χ3v) is 5.62. The molecule has 0 bridgehead atoms. The van der Waals surface area contributed by atoms with Crippen molar-refractivity contribution < 1.29 is 20.0 Å². The highest BCUT2D eigenvalue weighted by molar-refractivity contribution is 5.78. The molecule has 2 heterocycles. The number of nitrogens with zero attached hydrogens (tertiary/aromatic N) is 3. The van der Waals surface area contributed by atoms with Crippen LogP contribution in [0.5, 0.6) is 0 Å². The average molecular weight is 321 g/mol. The molecule has 3 aliphatic rings. The zero-order valence-electron chi connectivity index (χ0n) is 13.4. The minimum absolute atomic E-state index is 0.0724. The van der Waals surface area contributed by atoms with Crippen molar-refractivity contribution in [3.63, 3.8) is 0 Å². The number of likely N-dealkylation sites (tertiary alicyclic amines) is 2. The Kier molecular flexibility index (Phi) is 4.83. The van der Waals surface area contributed by atoms with E-state index in [0.717, 1.165) is 38.8 Å². The van der Waals surface area contributed by atoms with Gasteiger partial charge in [-0.15, -0.1) is 0 Å². The van der Waals surface area contributed by atoms with Gasteiger partial charge in [-0.2, -0.15) is 5.26 Å². The summed E-state index contributed by atoms with van der Waals surface area (Å²) in [6.07, 6.45) is 3.76. The van der Waals surface area contributed by atoms with E-state index in [9.17, 15) is 9.59 Å². The summed E-state index contributed by atoms with van der Waals surface area (Å²) in [5.74, 6) is 0.899. The fourth-order valence-corrected chi connectivity index (χ4v) is 4.43. The largest absolute Gasteiger partial charge is 0.387 e. The first-order chi connectivity index (χ1) is 11.1. The third-order valence-electron chi connectivity index (χ3n) is 5.62. The fraction of sp³-hybridized carbons (Fsp3) is 0.812. The molecular formula is C16H25N4O3+. The van der Waals surface area contributed by atoms with E-state index in [-0.39, 0.29) is 17.9 Å². The molecule has 0 spiro atoms. The van der Waals surface area contributed by atoms with Crippen molar-refractivity contribution >= 4 is 11.8 Å². The molecular weight excluding hydrogens is 296 g/mol. The maximum Gasteiger partial charge on any atom is 0.278 e. The van der Waals surface area contributed by atoms with Gasteiger partial charge in [0, 0.05) is 32.5 Å². The number of hydrogen-bond acceptors (Lipinski definition) is 4. The smallest absolute Gasteiger partial charge is 0.278 e. The van der Waals surface area contributed by atoms with Crippen LogP contribution in [0.2, 0.25) is 0 Å². The van der Waals surface area contributed by atoms with Gasteiger partial charge in [0.05, 0.1) is 12.1 Å². The molecule has 7 nitrogen and oxygen atoms in total. The predicted molar refractivity (Wildman–Crippen MR) is 80.8 cm³/mol. The van der Waals surface area contributed by atoms with Crippen LogP contribution < -0.4 is 5.32 Å². The number of amides is 2. The second kappa shape index (κ2) is 6.85. The number of nitrogens with two attached hydrogens (primary N) is 1. The summed E-state index contributed by atoms with van der Waals surface area (Å²) >= 11 is 0. The number of nitriles is 1. The number of fused-ring (bicyclic) bond motifs is 1. The lowest BCUT2D eigenvalue weighted by Crippen LogP contribution is -2.91. The van der Waals surface area contributed by atoms with Crippen LogP contribution in [-0.4, -0.2) is 71.6 Å². The van der Waals surface area contributed by atoms with Gasteiger partial charge in [-0.05, 0) is 24.7 Å². The van der Waals surface area contributed by atoms with Crippen LogP contribution in [0.4, 0.5) is 0 Å². The van der Waals surface area contributed by atoms with E-state index in [1.165, 1.54) is 0 Å². The third kappa shape index (κ3) is 3.33. The molecule has 4 atom stereocenters. The van der Waals surface area contributed by atoms with Crippen LogP contribution in [-0.2, 0) is 9.59 Å². The molecule has 1 unspecified atom stereocenters. The number of aliphatic hydroxyl groups is 1. The molecule has 0 radical (unpaired) electrons. The van der Waals surface area contributed by atoms with Crippen LogP contribution in [0, 0.1) is 23.2 Å². The molecule has 3 N–H and O–H groups in total. The zero-order valence-corrected chi connectivity index (χ0v) is 13.4. The molecule has 3 rings (SSSR count). The van der Waals surface area contributed by atoms with E-state index in [4.69, 9.17) is 10.4 Å². The molecule has 23 heavy (non-hydrogen) atoms. The van der Waals surface area contributed by atoms with Crippen molar-refractivity contribution in [2.75, 3.05) is 32.8 Å². The van der Waals surface area contributed by atoms with Gasteiger partial charge < -0.3 is 20.2 Å². The summed E-state index contributed by atoms with van der Waals surface area (Å²) in [5.41, 5.74) is 0. The fourth-order valence-electron chi connectivity index (χ4n) is 4.43. The van der Waals surface area contributed by atoms with Crippen molar-refractivity contribution in [2.24, 2.45) is 11.8 Å². The van der Waals surface area contributed by atoms with Crippen molar-refractivity contribution in [1.29, 1.82) is 5.26 Å². The Morgan fingerprint density at radius 3 is 2.52 bits per heavy atom. The van der Waals surface area contributed by atoms with Gasteiger partial charge in [0.2, 0.25) is 5.91 Å². The van der Waals surface area contributed by atoms with Gasteiger partial charge in [-0.1, -0.05) is 0 Å². The first kappa shape index (κ1) is 16.2. The van der Waals surface area contributed by atoms with E-state index in [0.29, 0.717) is 31.0 Å². The number of rotatable bonds is 4. The highest BCUT2D eigenvalue weighted by Crippen LogP contribution is 2.36. The van der Waals surface area contributed by atoms with E-state index < -0.39 is 6.61 Å². The summed E-state index contributed by atoms with van der Waals surface area (Å²) in [5, 5.41) is 20.1. The summed E-state index contributed by atoms with van der Waals surface area (Å²) in [7, 11) is 0. The lowest BCUT2D eigenvalue weighted by molar-refractivity contribution is -0.679. The lowest BCUT2D eigenvalue weighted by atomic mass is 10.0. The SMILES string of the molecule is N#C[C@@H]1CCCN1C(=O)C[NH2+]C1C[C@@H]2CN(C(=O)CO)C[C@@H]2C1. The number of hydrogen-bond donors (Lipinski definition) is 2. The van der Waals surface area contributed by atoms with Crippen LogP contribution in [0.25, 0.3) is 0 Å². The summed E-state index contributed by atoms with van der Waals surface area (Å²) < 4.78 is 0. The standard InChI is InChI=1S/C16H24N4O3/c17-6-14-2-1-3-20(14)15(22)7-18-13-4-11-8-19(16(23)10-21)9-12(11)5-13/h11-14,18,21H,1-5,7-10H2/p+1/t11-,12+,13?,14-/m0/s1. The molecule has 2 amide bonds. The molecule has 2 saturated heterocycles. The Bertz CT molecular complexity index is 504. The highest BCUT2D eigenvalue weighted by Gasteiger charge is 2.44. The second-order valence-electron chi connectivity index (χ2n) is 7.02. The normalized spacial score (nSPS) is 32.9. The van der Waals surface area contributed by atoms with E-state index in [1.807, 2.05) is 0 Å². The molecule has 126 valence electrons. The lowest BCUT2D eigenvalue weighted by Gasteiger charge is -2.20. The van der Waals surface area contributed by atoms with Crippen molar-refractivity contribution in [1.82, 2.24) is 9.80 Å². The van der Waals surface area contributed by atoms with Crippen LogP contribution in [0.1, 0.15) is 25.7 Å². The van der Waals surface area contributed by atoms with Gasteiger partial charge in [0.1, 0.15) is 12.6 Å². The number of carbonyl (C=O) groups excluding carboxylic acids is 2. The van der Waals surface area contributed by atoms with Gasteiger partial charge >= 0.3 is 0 Å². The molecule has 0 aromatic rings. The molecule has 7 heteroatoms. The number of aliphatic hydroxyl groups excluding tert-OH is 1. The van der Waals surface area contributed by atoms with Crippen LogP contribution in [0.3, 0.4) is 0 Å². The van der Waals surface area contributed by atoms with Crippen LogP contribution >= 0.6 is 0 Å². The topological polar surface area (TPSA) is 101 Å². The molecule has 0 aromatic heterocycles. The summed E-state index contributed by atoms with van der Waals surface area (Å²) in [6, 6.07) is 2.40. The average Bonchev–Trinajstić information content (AvgIpc) is 3.24. The Balaban J connectivity index is 1.43. The summed E-state index contributed by atoms with van der Waals surface area (Å²) in [6.45, 7) is 2.20. The Labute approximate surface area is 136 Å². The first-order valence-corrected chi connectivity index (χ1v) is 8.53. The molecule has 0 aromatic carbocycles. The summed E-state index contributed by atoms with van der Waals surface area (Å²) in [4.78, 5) is 27.3. The zero-order chi connectivity index (χ0) is 16.4. The van der Waals surface area contributed by atoms with E-state index in [1.54, 1.807) is 9.80 Å². The van der Waals surface area contributed by atoms with Crippen LogP contribution in [0.15, 0.2) is 0 Å². The molecule has 1 aliphatic carbocycles. The van der Waals surface area contributed by atoms with Gasteiger partial charge in [0.15, 0.2) is 6.54 Å². The monoisotopic (exact) mass is 321 g/mol. The molecule has 1 saturated carbocycles. The number of carbonyl (C=O) groups is 2. The predicted octanol–water partition coefficient (Wildman–Crippen LogP) is -1.71. The Morgan fingerprint density at radius 1 is 1.22 bits per heavy atom. The Morgan fingerprint density at radius 2 is 1.91 bits per heavy atom. The van der Waals surface area contributed by atoms with Gasteiger partial charge in [-0.3, -0.25) is 9.59 Å². The van der Waals surface area contributed by atoms with Crippen molar-refractivity contribution in [3.8, 4) is 6.07 Å². The van der Waals surface area contributed by atoms with Crippen molar-refractivity contribution in [3.05, 3.63) is 0 Å². The van der Waals surface area contributed by atoms with E-state index in [2.05, 4.69) is 11.4 Å². The van der Waals surface area contributed by atoms with Crippen molar-refractivity contribution in [2.45, 2.75) is 37.8 Å². The second-order valence-corrected chi connectivity index (χ2v) is 7.02. The molecule has 2 aliphatic heterocycles. The maximum absolute atomic E-state index is 12.3. The van der Waals surface area contributed by atoms with E-state index >= 15 is 0 Å². The minimum Gasteiger partial charge on any atom is -0.387 e. The van der Waals surface area contributed by atoms with Gasteiger partial charge in [-0.25, -0.2) is 0 Å². The van der Waals surface area contributed by atoms with Gasteiger partial charge in [0.25, 0.3) is 5.91 Å². The Hall–Kier alpha value is -1.65. The minimum atomic E-state index is -0.403. The maximum atomic E-state index is 12.3. The molecule has 3 fully saturated rings. The highest BCUT2D eigenvalue weighted by atomic mass is 16.3. The quantitative estimate of drug-likeness (QED) is 0.644. The first-order valence-electron chi connectivity index (χ1n) is 8.53.